The molecule has 2 aromatic rings. The summed E-state index contributed by atoms with van der Waals surface area (Å²) in [5, 5.41) is 0. The van der Waals surface area contributed by atoms with Crippen LogP contribution in [0.4, 0.5) is 5.82 Å². The van der Waals surface area contributed by atoms with E-state index < -0.39 is 0 Å². The zero-order chi connectivity index (χ0) is 14.1. The van der Waals surface area contributed by atoms with Gasteiger partial charge in [0.2, 0.25) is 0 Å². The van der Waals surface area contributed by atoms with Crippen molar-refractivity contribution >= 4 is 5.82 Å². The maximum absolute atomic E-state index is 6.28. The summed E-state index contributed by atoms with van der Waals surface area (Å²) in [6.07, 6.45) is 12.5. The third kappa shape index (κ3) is 2.07. The van der Waals surface area contributed by atoms with Crippen LogP contribution in [0.5, 0.6) is 0 Å². The van der Waals surface area contributed by atoms with Gasteiger partial charge >= 0.3 is 0 Å². The quantitative estimate of drug-likeness (QED) is 0.847. The minimum absolute atomic E-state index is 0.479. The van der Waals surface area contributed by atoms with Gasteiger partial charge in [0, 0.05) is 12.5 Å². The van der Waals surface area contributed by atoms with Gasteiger partial charge in [0.15, 0.2) is 0 Å². The summed E-state index contributed by atoms with van der Waals surface area (Å²) in [4.78, 5) is 8.98. The van der Waals surface area contributed by atoms with Gasteiger partial charge in [-0.1, -0.05) is 12.8 Å². The van der Waals surface area contributed by atoms with E-state index in [1.807, 2.05) is 17.1 Å². The van der Waals surface area contributed by atoms with Crippen LogP contribution in [0.1, 0.15) is 37.9 Å². The lowest BCUT2D eigenvalue weighted by molar-refractivity contribution is 0.683. The smallest absolute Gasteiger partial charge is 0.134 e. The van der Waals surface area contributed by atoms with Crippen LogP contribution in [-0.4, -0.2) is 19.1 Å². The van der Waals surface area contributed by atoms with Crippen LogP contribution in [0.3, 0.4) is 0 Å². The zero-order valence-corrected chi connectivity index (χ0v) is 11.7. The van der Waals surface area contributed by atoms with E-state index in [9.17, 15) is 0 Å². The average Bonchev–Trinajstić information content (AvgIpc) is 3.10. The molecule has 0 bridgehead atoms. The van der Waals surface area contributed by atoms with Crippen LogP contribution in [-0.2, 0) is 13.1 Å². The molecule has 3 rings (SSSR count). The largest absolute Gasteiger partial charge is 0.383 e. The Balaban J connectivity index is 2.07. The third-order valence-corrected chi connectivity index (χ3v) is 3.65. The number of imidazole rings is 2. The summed E-state index contributed by atoms with van der Waals surface area (Å²) >= 11 is 0. The van der Waals surface area contributed by atoms with Crippen LogP contribution >= 0.6 is 0 Å². The Bertz CT molecular complexity index is 654. The molecule has 0 unspecified atom stereocenters. The molecular formula is C15H19N5. The highest BCUT2D eigenvalue weighted by Crippen LogP contribution is 2.42. The van der Waals surface area contributed by atoms with E-state index >= 15 is 0 Å². The summed E-state index contributed by atoms with van der Waals surface area (Å²) < 4.78 is 4.06. The van der Waals surface area contributed by atoms with Crippen molar-refractivity contribution in [3.8, 4) is 23.7 Å². The number of rotatable bonds is 5. The number of hydrogen-bond acceptors (Lipinski definition) is 3. The van der Waals surface area contributed by atoms with Crippen molar-refractivity contribution in [1.29, 1.82) is 0 Å². The second kappa shape index (κ2) is 5.04. The van der Waals surface area contributed by atoms with Crippen molar-refractivity contribution in [3.05, 3.63) is 18.3 Å². The van der Waals surface area contributed by atoms with Gasteiger partial charge in [0.05, 0.1) is 24.8 Å². The number of aromatic nitrogens is 4. The topological polar surface area (TPSA) is 61.7 Å². The molecule has 5 nitrogen and oxygen atoms in total. The summed E-state index contributed by atoms with van der Waals surface area (Å²) in [5.74, 6) is 4.87. The first-order chi connectivity index (χ1) is 9.76. The molecule has 0 radical (unpaired) electrons. The summed E-state index contributed by atoms with van der Waals surface area (Å²) in [6, 6.07) is 0. The average molecular weight is 269 g/mol. The van der Waals surface area contributed by atoms with E-state index in [2.05, 4.69) is 22.4 Å². The number of aryl methyl sites for hydroxylation is 1. The third-order valence-electron chi connectivity index (χ3n) is 3.65. The first-order valence-corrected chi connectivity index (χ1v) is 7.06. The second-order valence-corrected chi connectivity index (χ2v) is 5.24. The lowest BCUT2D eigenvalue weighted by Gasteiger charge is -2.06. The zero-order valence-electron chi connectivity index (χ0n) is 11.7. The standard InChI is InChI=1S/C15H19N5/c1-3-7-19-10-17-9-12(19)13-14(16)20(8-4-2)15(18-13)11-5-6-11/h2,9-11H,3,5-8,16H2,1H3. The maximum atomic E-state index is 6.28. The van der Waals surface area contributed by atoms with Crippen molar-refractivity contribution in [3.63, 3.8) is 0 Å². The molecule has 2 N–H and O–H groups in total. The van der Waals surface area contributed by atoms with Gasteiger partial charge in [-0.3, -0.25) is 0 Å². The lowest BCUT2D eigenvalue weighted by Crippen LogP contribution is -2.06. The number of hydrogen-bond donors (Lipinski definition) is 1. The molecule has 1 saturated carbocycles. The van der Waals surface area contributed by atoms with E-state index in [0.717, 1.165) is 30.2 Å². The van der Waals surface area contributed by atoms with E-state index in [-0.39, 0.29) is 0 Å². The summed E-state index contributed by atoms with van der Waals surface area (Å²) in [5.41, 5.74) is 8.06. The predicted molar refractivity (Wildman–Crippen MR) is 79.0 cm³/mol. The monoisotopic (exact) mass is 269 g/mol. The fourth-order valence-corrected chi connectivity index (χ4v) is 2.52. The van der Waals surface area contributed by atoms with Crippen molar-refractivity contribution in [1.82, 2.24) is 19.1 Å². The van der Waals surface area contributed by atoms with Gasteiger partial charge in [-0.15, -0.1) is 6.42 Å². The number of nitrogens with zero attached hydrogens (tertiary/aromatic N) is 4. The molecule has 1 fully saturated rings. The lowest BCUT2D eigenvalue weighted by atomic mass is 10.3. The van der Waals surface area contributed by atoms with Gasteiger partial charge in [-0.25, -0.2) is 9.97 Å². The van der Waals surface area contributed by atoms with Crippen LogP contribution in [0.2, 0.25) is 0 Å². The summed E-state index contributed by atoms with van der Waals surface area (Å²) in [6.45, 7) is 3.53. The number of anilines is 1. The minimum Gasteiger partial charge on any atom is -0.383 e. The molecule has 0 spiro atoms. The predicted octanol–water partition coefficient (Wildman–Crippen LogP) is 2.25. The van der Waals surface area contributed by atoms with E-state index in [0.29, 0.717) is 18.3 Å². The van der Waals surface area contributed by atoms with Crippen LogP contribution in [0.15, 0.2) is 12.5 Å². The highest BCUT2D eigenvalue weighted by Gasteiger charge is 2.31. The highest BCUT2D eigenvalue weighted by molar-refractivity contribution is 5.68. The van der Waals surface area contributed by atoms with Crippen LogP contribution in [0, 0.1) is 12.3 Å². The van der Waals surface area contributed by atoms with Crippen LogP contribution in [0.25, 0.3) is 11.4 Å². The van der Waals surface area contributed by atoms with Crippen molar-refractivity contribution in [2.45, 2.75) is 45.2 Å². The number of terminal acetylenes is 1. The Kier molecular flexibility index (Phi) is 3.23. The first-order valence-electron chi connectivity index (χ1n) is 7.06. The highest BCUT2D eigenvalue weighted by atomic mass is 15.2. The van der Waals surface area contributed by atoms with Crippen LogP contribution < -0.4 is 5.73 Å². The second-order valence-electron chi connectivity index (χ2n) is 5.24. The van der Waals surface area contributed by atoms with Crippen molar-refractivity contribution in [2.24, 2.45) is 0 Å². The van der Waals surface area contributed by atoms with E-state index in [4.69, 9.17) is 17.1 Å². The Morgan fingerprint density at radius 1 is 1.50 bits per heavy atom. The Morgan fingerprint density at radius 3 is 2.95 bits per heavy atom. The van der Waals surface area contributed by atoms with Gasteiger partial charge in [-0.05, 0) is 19.3 Å². The molecule has 1 aliphatic carbocycles. The fourth-order valence-electron chi connectivity index (χ4n) is 2.52. The Morgan fingerprint density at radius 2 is 2.30 bits per heavy atom. The van der Waals surface area contributed by atoms with Gasteiger partial charge in [-0.2, -0.15) is 0 Å². The number of nitrogens with two attached hydrogens (primary N) is 1. The minimum atomic E-state index is 0.479. The SMILES string of the molecule is C#CCn1c(C2CC2)nc(-c2cncn2CCC)c1N. The first kappa shape index (κ1) is 12.8. The molecule has 0 saturated heterocycles. The molecule has 20 heavy (non-hydrogen) atoms. The molecule has 5 heteroatoms. The molecule has 1 aliphatic rings. The fraction of sp³-hybridized carbons (Fsp3) is 0.467. The van der Waals surface area contributed by atoms with Gasteiger partial charge < -0.3 is 14.9 Å². The number of nitrogen functional groups attached to an aromatic ring is 1. The maximum Gasteiger partial charge on any atom is 0.134 e. The van der Waals surface area contributed by atoms with Crippen molar-refractivity contribution in [2.75, 3.05) is 5.73 Å². The molecule has 2 heterocycles. The molecule has 0 amide bonds. The molecule has 104 valence electrons. The normalized spacial score (nSPS) is 14.4. The Labute approximate surface area is 118 Å². The molecule has 0 aliphatic heterocycles. The van der Waals surface area contributed by atoms with E-state index in [1.54, 1.807) is 0 Å². The van der Waals surface area contributed by atoms with Gasteiger partial charge in [0.1, 0.15) is 17.3 Å². The molecule has 0 aromatic carbocycles. The molecule has 0 atom stereocenters. The molecule has 2 aromatic heterocycles. The Hall–Kier alpha value is -2.22. The summed E-state index contributed by atoms with van der Waals surface area (Å²) in [7, 11) is 0. The van der Waals surface area contributed by atoms with E-state index in [1.165, 1.54) is 12.8 Å². The molecular weight excluding hydrogens is 250 g/mol. The van der Waals surface area contributed by atoms with Crippen molar-refractivity contribution < 1.29 is 0 Å². The van der Waals surface area contributed by atoms with Gasteiger partial charge in [0.25, 0.3) is 0 Å².